The van der Waals surface area contributed by atoms with Crippen molar-refractivity contribution in [1.29, 1.82) is 0 Å². The lowest BCUT2D eigenvalue weighted by molar-refractivity contribution is 0.0141. The smallest absolute Gasteiger partial charge is 0.410 e. The number of rotatable bonds is 4. The summed E-state index contributed by atoms with van der Waals surface area (Å²) in [7, 11) is 0. The number of carbonyl (C=O) groups excluding carboxylic acids is 2. The van der Waals surface area contributed by atoms with Crippen molar-refractivity contribution in [3.63, 3.8) is 0 Å². The molecule has 1 saturated heterocycles. The van der Waals surface area contributed by atoms with E-state index in [2.05, 4.69) is 6.58 Å². The van der Waals surface area contributed by atoms with E-state index in [1.165, 1.54) is 0 Å². The van der Waals surface area contributed by atoms with Crippen LogP contribution in [0.2, 0.25) is 0 Å². The van der Waals surface area contributed by atoms with Gasteiger partial charge in [0.15, 0.2) is 0 Å². The zero-order valence-electron chi connectivity index (χ0n) is 15.2. The van der Waals surface area contributed by atoms with E-state index in [0.29, 0.717) is 44.1 Å². The number of benzene rings is 1. The topological polar surface area (TPSA) is 59.1 Å². The fourth-order valence-corrected chi connectivity index (χ4v) is 2.45. The lowest BCUT2D eigenvalue weighted by Gasteiger charge is -2.35. The number of ether oxygens (including phenoxy) is 2. The number of hydrogen-bond acceptors (Lipinski definition) is 4. The molecule has 0 atom stereocenters. The number of nitrogens with zero attached hydrogens (tertiary/aromatic N) is 2. The van der Waals surface area contributed by atoms with E-state index in [1.54, 1.807) is 40.1 Å². The summed E-state index contributed by atoms with van der Waals surface area (Å²) in [5, 5.41) is 0. The minimum atomic E-state index is -0.514. The van der Waals surface area contributed by atoms with Crippen LogP contribution in [0, 0.1) is 0 Å². The van der Waals surface area contributed by atoms with Crippen LogP contribution in [0.25, 0.3) is 0 Å². The Bertz CT molecular complexity index is 611. The van der Waals surface area contributed by atoms with Gasteiger partial charge in [-0.2, -0.15) is 0 Å². The van der Waals surface area contributed by atoms with Crippen molar-refractivity contribution >= 4 is 12.0 Å². The van der Waals surface area contributed by atoms with Gasteiger partial charge in [0.05, 0.1) is 0 Å². The first-order valence-corrected chi connectivity index (χ1v) is 8.41. The van der Waals surface area contributed by atoms with Crippen LogP contribution in [0.5, 0.6) is 5.75 Å². The average molecular weight is 346 g/mol. The first kappa shape index (κ1) is 18.8. The van der Waals surface area contributed by atoms with E-state index in [-0.39, 0.29) is 12.0 Å². The van der Waals surface area contributed by atoms with E-state index >= 15 is 0 Å². The van der Waals surface area contributed by atoms with Crippen LogP contribution in [-0.2, 0) is 4.74 Å². The van der Waals surface area contributed by atoms with Gasteiger partial charge in [0.25, 0.3) is 5.91 Å². The highest BCUT2D eigenvalue weighted by atomic mass is 16.6. The second-order valence-electron chi connectivity index (χ2n) is 6.88. The molecule has 0 radical (unpaired) electrons. The summed E-state index contributed by atoms with van der Waals surface area (Å²) < 4.78 is 10.8. The molecular weight excluding hydrogens is 320 g/mol. The normalized spacial score (nSPS) is 14.8. The van der Waals surface area contributed by atoms with Crippen LogP contribution in [0.1, 0.15) is 31.1 Å². The fraction of sp³-hybridized carbons (Fsp3) is 0.474. The first-order valence-electron chi connectivity index (χ1n) is 8.41. The standard InChI is InChI=1S/C19H26N2O4/c1-5-14-24-16-8-6-15(7-9-16)17(22)20-10-12-21(13-11-20)18(23)25-19(2,3)4/h5-9H,1,10-14H2,2-4H3. The summed E-state index contributed by atoms with van der Waals surface area (Å²) in [5.74, 6) is 0.658. The zero-order chi connectivity index (χ0) is 18.4. The third-order valence-corrected chi connectivity index (χ3v) is 3.69. The molecule has 0 bridgehead atoms. The Labute approximate surface area is 149 Å². The number of amides is 2. The Morgan fingerprint density at radius 2 is 1.64 bits per heavy atom. The summed E-state index contributed by atoms with van der Waals surface area (Å²) in [6.07, 6.45) is 1.34. The van der Waals surface area contributed by atoms with Crippen molar-refractivity contribution < 1.29 is 19.1 Å². The Kier molecular flexibility index (Phi) is 6.07. The third-order valence-electron chi connectivity index (χ3n) is 3.69. The van der Waals surface area contributed by atoms with Crippen LogP contribution in [-0.4, -0.2) is 60.2 Å². The third kappa shape index (κ3) is 5.52. The molecule has 0 unspecified atom stereocenters. The number of hydrogen-bond donors (Lipinski definition) is 0. The maximum atomic E-state index is 12.6. The Morgan fingerprint density at radius 3 is 2.16 bits per heavy atom. The zero-order valence-corrected chi connectivity index (χ0v) is 15.2. The Morgan fingerprint density at radius 1 is 1.08 bits per heavy atom. The van der Waals surface area contributed by atoms with Crippen molar-refractivity contribution in [2.75, 3.05) is 32.8 Å². The van der Waals surface area contributed by atoms with Gasteiger partial charge in [-0.3, -0.25) is 4.79 Å². The van der Waals surface area contributed by atoms with Crippen molar-refractivity contribution in [3.05, 3.63) is 42.5 Å². The van der Waals surface area contributed by atoms with Gasteiger partial charge < -0.3 is 19.3 Å². The van der Waals surface area contributed by atoms with E-state index < -0.39 is 5.60 Å². The van der Waals surface area contributed by atoms with E-state index in [0.717, 1.165) is 0 Å². The van der Waals surface area contributed by atoms with Gasteiger partial charge in [0.2, 0.25) is 0 Å². The van der Waals surface area contributed by atoms with Gasteiger partial charge >= 0.3 is 6.09 Å². The summed E-state index contributed by atoms with van der Waals surface area (Å²) in [6, 6.07) is 7.04. The molecule has 6 nitrogen and oxygen atoms in total. The molecule has 1 fully saturated rings. The molecule has 1 heterocycles. The molecule has 1 aliphatic heterocycles. The second-order valence-corrected chi connectivity index (χ2v) is 6.88. The maximum Gasteiger partial charge on any atom is 0.410 e. The molecule has 0 aliphatic carbocycles. The lowest BCUT2D eigenvalue weighted by atomic mass is 10.1. The Balaban J connectivity index is 1.88. The molecule has 0 aromatic heterocycles. The highest BCUT2D eigenvalue weighted by molar-refractivity contribution is 5.94. The minimum Gasteiger partial charge on any atom is -0.490 e. The molecule has 2 rings (SSSR count). The molecular formula is C19H26N2O4. The molecule has 2 amide bonds. The molecule has 1 aromatic rings. The summed E-state index contributed by atoms with van der Waals surface area (Å²) in [4.78, 5) is 28.0. The Hall–Kier alpha value is -2.50. The first-order chi connectivity index (χ1) is 11.8. The summed E-state index contributed by atoms with van der Waals surface area (Å²) >= 11 is 0. The van der Waals surface area contributed by atoms with Crippen LogP contribution < -0.4 is 4.74 Å². The minimum absolute atomic E-state index is 0.0425. The number of piperazine rings is 1. The van der Waals surface area contributed by atoms with Crippen molar-refractivity contribution in [3.8, 4) is 5.75 Å². The van der Waals surface area contributed by atoms with Gasteiger partial charge in [-0.1, -0.05) is 12.7 Å². The molecule has 1 aromatic carbocycles. The van der Waals surface area contributed by atoms with Crippen LogP contribution in [0.4, 0.5) is 4.79 Å². The highest BCUT2D eigenvalue weighted by Crippen LogP contribution is 2.16. The predicted molar refractivity (Wildman–Crippen MR) is 95.8 cm³/mol. The number of carbonyl (C=O) groups is 2. The van der Waals surface area contributed by atoms with Gasteiger partial charge in [-0.05, 0) is 45.0 Å². The maximum absolute atomic E-state index is 12.6. The van der Waals surface area contributed by atoms with E-state index in [4.69, 9.17) is 9.47 Å². The molecule has 0 spiro atoms. The van der Waals surface area contributed by atoms with Crippen molar-refractivity contribution in [2.45, 2.75) is 26.4 Å². The average Bonchev–Trinajstić information content (AvgIpc) is 2.58. The predicted octanol–water partition coefficient (Wildman–Crippen LogP) is 2.94. The van der Waals surface area contributed by atoms with Crippen LogP contribution in [0.3, 0.4) is 0 Å². The summed E-state index contributed by atoms with van der Waals surface area (Å²) in [5.41, 5.74) is 0.0936. The molecule has 25 heavy (non-hydrogen) atoms. The lowest BCUT2D eigenvalue weighted by Crippen LogP contribution is -2.51. The van der Waals surface area contributed by atoms with E-state index in [1.807, 2.05) is 20.8 Å². The van der Waals surface area contributed by atoms with Crippen molar-refractivity contribution in [1.82, 2.24) is 9.80 Å². The molecule has 136 valence electrons. The van der Waals surface area contributed by atoms with E-state index in [9.17, 15) is 9.59 Å². The SMILES string of the molecule is C=CCOc1ccc(C(=O)N2CCN(C(=O)OC(C)(C)C)CC2)cc1. The molecule has 6 heteroatoms. The van der Waals surface area contributed by atoms with Gasteiger partial charge in [-0.25, -0.2) is 4.79 Å². The van der Waals surface area contributed by atoms with Crippen LogP contribution in [0.15, 0.2) is 36.9 Å². The van der Waals surface area contributed by atoms with Crippen molar-refractivity contribution in [2.24, 2.45) is 0 Å². The fourth-order valence-electron chi connectivity index (χ4n) is 2.45. The van der Waals surface area contributed by atoms with Gasteiger partial charge in [-0.15, -0.1) is 0 Å². The molecule has 1 aliphatic rings. The van der Waals surface area contributed by atoms with Crippen LogP contribution >= 0.6 is 0 Å². The molecule has 0 N–H and O–H groups in total. The summed E-state index contributed by atoms with van der Waals surface area (Å²) in [6.45, 7) is 11.5. The highest BCUT2D eigenvalue weighted by Gasteiger charge is 2.28. The largest absolute Gasteiger partial charge is 0.490 e. The van der Waals surface area contributed by atoms with Gasteiger partial charge in [0, 0.05) is 31.7 Å². The second kappa shape index (κ2) is 8.05. The molecule has 0 saturated carbocycles. The van der Waals surface area contributed by atoms with Gasteiger partial charge in [0.1, 0.15) is 18.0 Å². The monoisotopic (exact) mass is 346 g/mol. The quantitative estimate of drug-likeness (QED) is 0.787.